The molecule has 0 atom stereocenters. The molecule has 0 unspecified atom stereocenters. The van der Waals surface area contributed by atoms with Crippen LogP contribution >= 0.6 is 0 Å². The number of carbonyl (C=O) groups is 1. The van der Waals surface area contributed by atoms with Gasteiger partial charge in [-0.25, -0.2) is 0 Å². The zero-order valence-electron chi connectivity index (χ0n) is 10.2. The first kappa shape index (κ1) is 10.7. The van der Waals surface area contributed by atoms with Crippen molar-refractivity contribution in [2.24, 2.45) is 10.8 Å². The van der Waals surface area contributed by atoms with Gasteiger partial charge in [-0.15, -0.1) is 0 Å². The number of allylic oxidation sites excluding steroid dienone is 4. The first-order valence-electron chi connectivity index (χ1n) is 5.75. The summed E-state index contributed by atoms with van der Waals surface area (Å²) in [4.78, 5) is 11.9. The van der Waals surface area contributed by atoms with Gasteiger partial charge in [-0.3, -0.25) is 4.79 Å². The van der Waals surface area contributed by atoms with Crippen molar-refractivity contribution in [1.29, 1.82) is 0 Å². The highest BCUT2D eigenvalue weighted by atomic mass is 16.1. The number of hydrogen-bond donors (Lipinski definition) is 0. The Morgan fingerprint density at radius 2 is 1.67 bits per heavy atom. The Hall–Kier alpha value is -0.850. The predicted octanol–water partition coefficient (Wildman–Crippen LogP) is 3.66. The average molecular weight is 204 g/mol. The molecule has 2 aliphatic carbocycles. The van der Waals surface area contributed by atoms with Crippen LogP contribution in [0.3, 0.4) is 0 Å². The molecule has 0 radical (unpaired) electrons. The third kappa shape index (κ3) is 1.68. The fourth-order valence-electron chi connectivity index (χ4n) is 3.03. The quantitative estimate of drug-likeness (QED) is 0.588. The SMILES string of the molecule is CC1(C)CC(=O)CC(C)(C)C2=C1C=CC2. The summed E-state index contributed by atoms with van der Waals surface area (Å²) >= 11 is 0. The van der Waals surface area contributed by atoms with E-state index < -0.39 is 0 Å². The Kier molecular flexibility index (Phi) is 2.18. The first-order valence-corrected chi connectivity index (χ1v) is 5.75. The van der Waals surface area contributed by atoms with Gasteiger partial charge in [0.2, 0.25) is 0 Å². The number of Topliss-reactive ketones (excluding diaryl/α,β-unsaturated/α-hetero) is 1. The molecule has 0 amide bonds. The Morgan fingerprint density at radius 3 is 2.33 bits per heavy atom. The van der Waals surface area contributed by atoms with Gasteiger partial charge in [0.15, 0.2) is 0 Å². The molecule has 82 valence electrons. The van der Waals surface area contributed by atoms with Gasteiger partial charge in [-0.05, 0) is 22.8 Å². The van der Waals surface area contributed by atoms with Crippen molar-refractivity contribution in [1.82, 2.24) is 0 Å². The lowest BCUT2D eigenvalue weighted by Gasteiger charge is -2.28. The van der Waals surface area contributed by atoms with Gasteiger partial charge in [-0.1, -0.05) is 45.4 Å². The molecule has 2 aliphatic rings. The van der Waals surface area contributed by atoms with Crippen LogP contribution in [0.2, 0.25) is 0 Å². The Balaban J connectivity index is 2.53. The van der Waals surface area contributed by atoms with Crippen molar-refractivity contribution in [3.05, 3.63) is 23.3 Å². The third-order valence-corrected chi connectivity index (χ3v) is 3.76. The van der Waals surface area contributed by atoms with Crippen LogP contribution in [-0.4, -0.2) is 5.78 Å². The molecular weight excluding hydrogens is 184 g/mol. The highest BCUT2D eigenvalue weighted by Crippen LogP contribution is 2.49. The fraction of sp³-hybridized carbons (Fsp3) is 0.643. The largest absolute Gasteiger partial charge is 0.300 e. The first-order chi connectivity index (χ1) is 6.83. The monoisotopic (exact) mass is 204 g/mol. The summed E-state index contributed by atoms with van der Waals surface area (Å²) in [5.41, 5.74) is 2.99. The van der Waals surface area contributed by atoms with Gasteiger partial charge >= 0.3 is 0 Å². The van der Waals surface area contributed by atoms with E-state index in [-0.39, 0.29) is 10.8 Å². The van der Waals surface area contributed by atoms with Gasteiger partial charge in [0, 0.05) is 12.8 Å². The van der Waals surface area contributed by atoms with Gasteiger partial charge < -0.3 is 0 Å². The highest BCUT2D eigenvalue weighted by Gasteiger charge is 2.39. The molecule has 0 saturated carbocycles. The zero-order chi connectivity index (χ0) is 11.3. The number of hydrogen-bond acceptors (Lipinski definition) is 1. The predicted molar refractivity (Wildman–Crippen MR) is 62.6 cm³/mol. The number of rotatable bonds is 0. The summed E-state index contributed by atoms with van der Waals surface area (Å²) < 4.78 is 0. The molecular formula is C14H20O. The maximum Gasteiger partial charge on any atom is 0.134 e. The van der Waals surface area contributed by atoms with Crippen molar-refractivity contribution in [3.63, 3.8) is 0 Å². The molecule has 0 aliphatic heterocycles. The van der Waals surface area contributed by atoms with E-state index in [1.807, 2.05) is 0 Å². The van der Waals surface area contributed by atoms with E-state index in [1.54, 1.807) is 0 Å². The maximum atomic E-state index is 11.9. The average Bonchev–Trinajstić information content (AvgIpc) is 2.45. The molecule has 0 aromatic heterocycles. The van der Waals surface area contributed by atoms with E-state index in [0.717, 1.165) is 6.42 Å². The van der Waals surface area contributed by atoms with Gasteiger partial charge in [-0.2, -0.15) is 0 Å². The second-order valence-electron chi connectivity index (χ2n) is 6.16. The van der Waals surface area contributed by atoms with Crippen LogP contribution in [0, 0.1) is 10.8 Å². The number of ketones is 1. The molecule has 0 saturated heterocycles. The van der Waals surface area contributed by atoms with Crippen molar-refractivity contribution < 1.29 is 4.79 Å². The minimum absolute atomic E-state index is 0.0349. The minimum atomic E-state index is 0.0349. The van der Waals surface area contributed by atoms with E-state index in [9.17, 15) is 4.79 Å². The van der Waals surface area contributed by atoms with E-state index in [4.69, 9.17) is 0 Å². The highest BCUT2D eigenvalue weighted by molar-refractivity contribution is 5.82. The van der Waals surface area contributed by atoms with E-state index >= 15 is 0 Å². The fourth-order valence-corrected chi connectivity index (χ4v) is 3.03. The van der Waals surface area contributed by atoms with Crippen molar-refractivity contribution >= 4 is 5.78 Å². The van der Waals surface area contributed by atoms with Crippen LogP contribution in [0.25, 0.3) is 0 Å². The van der Waals surface area contributed by atoms with Crippen molar-refractivity contribution in [2.75, 3.05) is 0 Å². The molecule has 0 fully saturated rings. The lowest BCUT2D eigenvalue weighted by atomic mass is 9.76. The van der Waals surface area contributed by atoms with Crippen LogP contribution in [0.15, 0.2) is 23.3 Å². The molecule has 0 bridgehead atoms. The lowest BCUT2D eigenvalue weighted by molar-refractivity contribution is -0.121. The third-order valence-electron chi connectivity index (χ3n) is 3.76. The summed E-state index contributed by atoms with van der Waals surface area (Å²) in [5.74, 6) is 0.410. The summed E-state index contributed by atoms with van der Waals surface area (Å²) in [6, 6.07) is 0. The summed E-state index contributed by atoms with van der Waals surface area (Å²) in [6.45, 7) is 8.79. The number of carbonyl (C=O) groups excluding carboxylic acids is 1. The molecule has 15 heavy (non-hydrogen) atoms. The van der Waals surface area contributed by atoms with Crippen LogP contribution < -0.4 is 0 Å². The molecule has 0 N–H and O–H groups in total. The molecule has 2 rings (SSSR count). The van der Waals surface area contributed by atoms with Gasteiger partial charge in [0.05, 0.1) is 0 Å². The minimum Gasteiger partial charge on any atom is -0.300 e. The molecule has 0 aromatic rings. The smallest absolute Gasteiger partial charge is 0.134 e. The summed E-state index contributed by atoms with van der Waals surface area (Å²) in [5, 5.41) is 0. The van der Waals surface area contributed by atoms with Crippen LogP contribution in [0.1, 0.15) is 47.0 Å². The molecule has 0 spiro atoms. The maximum absolute atomic E-state index is 11.9. The normalized spacial score (nSPS) is 27.9. The van der Waals surface area contributed by atoms with E-state index in [0.29, 0.717) is 18.6 Å². The van der Waals surface area contributed by atoms with Crippen LogP contribution in [0.4, 0.5) is 0 Å². The summed E-state index contributed by atoms with van der Waals surface area (Å²) in [7, 11) is 0. The Bertz CT molecular complexity index is 367. The summed E-state index contributed by atoms with van der Waals surface area (Å²) in [6.07, 6.45) is 6.91. The second-order valence-corrected chi connectivity index (χ2v) is 6.16. The lowest BCUT2D eigenvalue weighted by Crippen LogP contribution is -2.17. The van der Waals surface area contributed by atoms with E-state index in [2.05, 4.69) is 39.8 Å². The van der Waals surface area contributed by atoms with Crippen molar-refractivity contribution in [2.45, 2.75) is 47.0 Å². The zero-order valence-corrected chi connectivity index (χ0v) is 10.2. The molecule has 1 heteroatoms. The van der Waals surface area contributed by atoms with Crippen molar-refractivity contribution in [3.8, 4) is 0 Å². The topological polar surface area (TPSA) is 17.1 Å². The molecule has 0 aromatic carbocycles. The van der Waals surface area contributed by atoms with Gasteiger partial charge in [0.1, 0.15) is 5.78 Å². The standard InChI is InChI=1S/C14H20O/c1-13(2)8-10(15)9-14(3,4)12-7-5-6-11(12)13/h5-6H,7-9H2,1-4H3. The molecule has 0 heterocycles. The van der Waals surface area contributed by atoms with Crippen LogP contribution in [-0.2, 0) is 4.79 Å². The van der Waals surface area contributed by atoms with Crippen LogP contribution in [0.5, 0.6) is 0 Å². The van der Waals surface area contributed by atoms with Gasteiger partial charge in [0.25, 0.3) is 0 Å². The second kappa shape index (κ2) is 3.07. The Labute approximate surface area is 92.3 Å². The molecule has 1 nitrogen and oxygen atoms in total. The Morgan fingerprint density at radius 1 is 1.07 bits per heavy atom. The van der Waals surface area contributed by atoms with E-state index in [1.165, 1.54) is 11.1 Å².